The first kappa shape index (κ1) is 58.0. The van der Waals surface area contributed by atoms with Crippen molar-refractivity contribution in [2.24, 2.45) is 39.9 Å². The number of aliphatic imine (C=N–C) groups is 1. The summed E-state index contributed by atoms with van der Waals surface area (Å²) in [5.41, 5.74) is 17.4. The van der Waals surface area contributed by atoms with Crippen LogP contribution in [-0.4, -0.2) is 137 Å². The molecule has 10 N–H and O–H groups in total. The van der Waals surface area contributed by atoms with E-state index in [4.69, 9.17) is 28.8 Å². The Hall–Kier alpha value is -5.54. The summed E-state index contributed by atoms with van der Waals surface area (Å²) in [6, 6.07) is 4.72. The summed E-state index contributed by atoms with van der Waals surface area (Å²) in [6.07, 6.45) is 0.924. The first-order valence-electron chi connectivity index (χ1n) is 24.3. The first-order valence-corrected chi connectivity index (χ1v) is 26.8. The number of carbonyl (C=O) groups excluding carboxylic acids is 9. The van der Waals surface area contributed by atoms with Crippen LogP contribution in [0.5, 0.6) is 0 Å². The van der Waals surface area contributed by atoms with Gasteiger partial charge in [0.15, 0.2) is 11.7 Å². The quantitative estimate of drug-likeness (QED) is 0.0682. The van der Waals surface area contributed by atoms with Gasteiger partial charge in [-0.3, -0.25) is 48.1 Å². The van der Waals surface area contributed by atoms with Gasteiger partial charge in [-0.2, -0.15) is 11.8 Å². The molecule has 7 amide bonds. The Balaban J connectivity index is 1.66. The molecule has 3 heterocycles. The van der Waals surface area contributed by atoms with Gasteiger partial charge in [0.25, 0.3) is 0 Å². The maximum atomic E-state index is 14.7. The van der Waals surface area contributed by atoms with Crippen LogP contribution in [0.4, 0.5) is 0 Å². The number of benzene rings is 1. The van der Waals surface area contributed by atoms with E-state index in [0.29, 0.717) is 49.5 Å². The van der Waals surface area contributed by atoms with Gasteiger partial charge in [0.2, 0.25) is 41.4 Å². The smallest absolute Gasteiger partial charge is 0.245 e. The molecule has 390 valence electrons. The van der Waals surface area contributed by atoms with E-state index in [0.717, 1.165) is 10.4 Å². The van der Waals surface area contributed by atoms with Crippen molar-refractivity contribution < 1.29 is 43.2 Å². The minimum Gasteiger partial charge on any atom is -0.370 e. The number of carbonyl (C=O) groups is 9. The van der Waals surface area contributed by atoms with E-state index in [1.165, 1.54) is 28.0 Å². The number of guanidine groups is 1. The Morgan fingerprint density at radius 1 is 0.901 bits per heavy atom. The minimum atomic E-state index is -1.49. The number of halogens is 1. The molecule has 4 rings (SSSR count). The number of thioether (sulfide) groups is 1. The van der Waals surface area contributed by atoms with Crippen LogP contribution in [-0.2, 0) is 56.0 Å². The van der Waals surface area contributed by atoms with Crippen molar-refractivity contribution in [1.82, 2.24) is 31.1 Å². The number of amides is 7. The lowest BCUT2D eigenvalue weighted by molar-refractivity contribution is -0.144. The molecule has 0 unspecified atom stereocenters. The highest BCUT2D eigenvalue weighted by molar-refractivity contribution is 7.99. The largest absolute Gasteiger partial charge is 0.370 e. The van der Waals surface area contributed by atoms with E-state index < -0.39 is 102 Å². The molecule has 7 atom stereocenters. The number of Topliss-reactive ketones (excluding diaryl/α,β-unsaturated/α-hetero) is 2. The molecule has 22 heteroatoms. The lowest BCUT2D eigenvalue weighted by atomic mass is 9.91. The van der Waals surface area contributed by atoms with Crippen molar-refractivity contribution >= 4 is 93.6 Å². The number of primary amides is 1. The third kappa shape index (κ3) is 18.5. The summed E-state index contributed by atoms with van der Waals surface area (Å²) in [6.45, 7) is 8.26. The third-order valence-corrected chi connectivity index (χ3v) is 14.9. The van der Waals surface area contributed by atoms with Gasteiger partial charge < -0.3 is 48.3 Å². The number of thiophene rings is 1. The van der Waals surface area contributed by atoms with Gasteiger partial charge in [-0.1, -0.05) is 43.6 Å². The van der Waals surface area contributed by atoms with E-state index in [-0.39, 0.29) is 68.6 Å². The Labute approximate surface area is 429 Å². The highest BCUT2D eigenvalue weighted by atomic mass is 35.5. The molecular formula is C49H71ClN10O9S2. The summed E-state index contributed by atoms with van der Waals surface area (Å²) in [5.74, 6) is -7.23. The Morgan fingerprint density at radius 2 is 1.61 bits per heavy atom. The number of hydrogen-bond donors (Lipinski definition) is 7. The summed E-state index contributed by atoms with van der Waals surface area (Å²) in [7, 11) is 0. The predicted molar refractivity (Wildman–Crippen MR) is 275 cm³/mol. The number of rotatable bonds is 17. The number of ketones is 2. The van der Waals surface area contributed by atoms with E-state index in [1.807, 2.05) is 25.3 Å². The van der Waals surface area contributed by atoms with Crippen LogP contribution in [0.2, 0.25) is 5.02 Å². The molecular weight excluding hydrogens is 972 g/mol. The van der Waals surface area contributed by atoms with Crippen molar-refractivity contribution in [1.29, 1.82) is 0 Å². The minimum absolute atomic E-state index is 0.0760. The molecule has 71 heavy (non-hydrogen) atoms. The van der Waals surface area contributed by atoms with Crippen molar-refractivity contribution in [3.63, 3.8) is 0 Å². The van der Waals surface area contributed by atoms with E-state index in [2.05, 4.69) is 26.3 Å². The number of likely N-dealkylation sites (N-methyl/N-ethyl adjacent to an activating group) is 1. The van der Waals surface area contributed by atoms with Crippen molar-refractivity contribution in [2.75, 3.05) is 37.7 Å². The standard InChI is InChI=1S/C49H71ClN10O9S2/c1-5-59(6-2)48(69)36(13-7-19-54-49(52)53)55-45(66)39-14-8-20-60(39)47(68)32-25-40(62)37(27-41(51)63)56-46(67)42(29(3)4)58-44(65)38(26-35-12-10-22-71-35)57-43(64)31(23-30-15-17-33(50)18-16-30)24-34(61)11-9-21-70-28-32/h10,12,15-18,22,29,31-32,36-39,42H,5-9,11,13-14,19-21,23-28H2,1-4H3,(H2,51,63)(H,55,66)(H,56,67)(H,57,64)(H,58,65)(H4,52,53,54)/t31-,32+,36-,37+,38+,39+,42+/m1/s1. The maximum absolute atomic E-state index is 14.7. The Morgan fingerprint density at radius 3 is 2.24 bits per heavy atom. The average Bonchev–Trinajstić information content (AvgIpc) is 4.04. The predicted octanol–water partition coefficient (Wildman–Crippen LogP) is 2.25. The van der Waals surface area contributed by atoms with Crippen molar-refractivity contribution in [3.8, 4) is 0 Å². The molecule has 19 nitrogen and oxygen atoms in total. The van der Waals surface area contributed by atoms with Crippen LogP contribution in [0.25, 0.3) is 0 Å². The second-order valence-electron chi connectivity index (χ2n) is 18.3. The molecule has 0 radical (unpaired) electrons. The summed E-state index contributed by atoms with van der Waals surface area (Å²) < 4.78 is 0. The van der Waals surface area contributed by atoms with E-state index in [9.17, 15) is 43.2 Å². The number of nitrogens with one attached hydrogen (secondary N) is 4. The molecule has 2 fully saturated rings. The monoisotopic (exact) mass is 1040 g/mol. The molecule has 2 aromatic rings. The molecule has 2 saturated heterocycles. The molecule has 0 aliphatic carbocycles. The number of nitrogens with zero attached hydrogens (tertiary/aromatic N) is 3. The zero-order valence-electron chi connectivity index (χ0n) is 41.1. The van der Waals surface area contributed by atoms with Gasteiger partial charge in [0.1, 0.15) is 30.0 Å². The summed E-state index contributed by atoms with van der Waals surface area (Å²) in [5, 5.41) is 13.5. The fourth-order valence-electron chi connectivity index (χ4n) is 8.69. The maximum Gasteiger partial charge on any atom is 0.245 e. The molecule has 0 spiro atoms. The molecule has 2 aliphatic heterocycles. The van der Waals surface area contributed by atoms with Gasteiger partial charge in [0, 0.05) is 73.4 Å². The molecule has 2 aliphatic rings. The summed E-state index contributed by atoms with van der Waals surface area (Å²) in [4.78, 5) is 133. The number of nitrogens with two attached hydrogens (primary N) is 3. The molecule has 1 aromatic heterocycles. The molecule has 0 bridgehead atoms. The van der Waals surface area contributed by atoms with Gasteiger partial charge in [-0.25, -0.2) is 0 Å². The third-order valence-electron chi connectivity index (χ3n) is 12.5. The van der Waals surface area contributed by atoms with Crippen LogP contribution >= 0.6 is 34.7 Å². The fourth-order valence-corrected chi connectivity index (χ4v) is 10.6. The summed E-state index contributed by atoms with van der Waals surface area (Å²) >= 11 is 8.85. The van der Waals surface area contributed by atoms with Crippen molar-refractivity contribution in [3.05, 3.63) is 57.2 Å². The van der Waals surface area contributed by atoms with Crippen LogP contribution in [0, 0.1) is 17.8 Å². The normalized spacial score (nSPS) is 22.7. The van der Waals surface area contributed by atoms with Gasteiger partial charge in [0.05, 0.1) is 18.4 Å². The first-order chi connectivity index (χ1) is 33.8. The van der Waals surface area contributed by atoms with E-state index in [1.54, 1.807) is 49.1 Å². The average molecular weight is 1040 g/mol. The highest BCUT2D eigenvalue weighted by Gasteiger charge is 2.41. The topological polar surface area (TPSA) is 299 Å². The van der Waals surface area contributed by atoms with Gasteiger partial charge in [-0.15, -0.1) is 11.3 Å². The zero-order chi connectivity index (χ0) is 52.2. The Kier molecular flexibility index (Phi) is 23.8. The van der Waals surface area contributed by atoms with Crippen LogP contribution in [0.3, 0.4) is 0 Å². The second-order valence-corrected chi connectivity index (χ2v) is 21.0. The van der Waals surface area contributed by atoms with Gasteiger partial charge >= 0.3 is 0 Å². The second kappa shape index (κ2) is 29.1. The lowest BCUT2D eigenvalue weighted by Crippen LogP contribution is -2.58. The van der Waals surface area contributed by atoms with Crippen LogP contribution in [0.1, 0.15) is 95.9 Å². The molecule has 0 saturated carbocycles. The van der Waals surface area contributed by atoms with Gasteiger partial charge in [-0.05, 0) is 93.2 Å². The molecule has 1 aromatic carbocycles. The van der Waals surface area contributed by atoms with Crippen LogP contribution < -0.4 is 38.5 Å². The SMILES string of the molecule is CCN(CC)C(=O)[C@@H](CCCN=C(N)N)NC(=O)[C@@H]1CCCN1C(=O)[C@@H]1CSCCCC(=O)C[C@@H](Cc2ccc(Cl)cc2)C(=O)N[C@@H](Cc2cccs2)C(=O)N[C@@H](C(C)C)C(=O)N[C@@H](CC(N)=O)C(=O)C1. The Bertz CT molecular complexity index is 2190. The lowest BCUT2D eigenvalue weighted by Gasteiger charge is -2.31. The van der Waals surface area contributed by atoms with E-state index >= 15 is 0 Å². The zero-order valence-corrected chi connectivity index (χ0v) is 43.5. The highest BCUT2D eigenvalue weighted by Crippen LogP contribution is 2.26. The number of likely N-dealkylation sites (tertiary alicyclic amines) is 1. The number of hydrogen-bond acceptors (Lipinski definition) is 12. The van der Waals surface area contributed by atoms with Crippen molar-refractivity contribution in [2.45, 2.75) is 129 Å². The van der Waals surface area contributed by atoms with Crippen LogP contribution in [0.15, 0.2) is 46.8 Å². The fraction of sp³-hybridized carbons (Fsp3) is 0.592.